The number of fused-ring (bicyclic) bond motifs is 1. The highest BCUT2D eigenvalue weighted by Gasteiger charge is 2.25. The van der Waals surface area contributed by atoms with Crippen LogP contribution in [0.2, 0.25) is 0 Å². The zero-order valence-corrected chi connectivity index (χ0v) is 20.2. The summed E-state index contributed by atoms with van der Waals surface area (Å²) >= 11 is 0. The number of amides is 1. The van der Waals surface area contributed by atoms with Crippen molar-refractivity contribution in [2.45, 2.75) is 44.9 Å². The average molecular weight is 477 g/mol. The summed E-state index contributed by atoms with van der Waals surface area (Å²) in [5.41, 5.74) is 2.35. The summed E-state index contributed by atoms with van der Waals surface area (Å²) in [5.74, 6) is 0.731. The van der Waals surface area contributed by atoms with E-state index in [0.29, 0.717) is 37.4 Å². The van der Waals surface area contributed by atoms with E-state index >= 15 is 0 Å². The first-order valence-corrected chi connectivity index (χ1v) is 12.3. The average Bonchev–Trinajstić information content (AvgIpc) is 3.69. The summed E-state index contributed by atoms with van der Waals surface area (Å²) < 4.78 is 11.1. The third-order valence-electron chi connectivity index (χ3n) is 6.22. The van der Waals surface area contributed by atoms with Crippen LogP contribution in [0, 0.1) is 0 Å². The summed E-state index contributed by atoms with van der Waals surface area (Å²) in [6, 6.07) is 10.4. The third-order valence-corrected chi connectivity index (χ3v) is 6.22. The molecule has 1 aliphatic carbocycles. The molecule has 1 saturated heterocycles. The number of nitrogens with one attached hydrogen (secondary N) is 2. The smallest absolute Gasteiger partial charge is 0.316 e. The Hall–Kier alpha value is -3.30. The molecule has 1 aromatic carbocycles. The van der Waals surface area contributed by atoms with Crippen molar-refractivity contribution < 1.29 is 14.3 Å². The van der Waals surface area contributed by atoms with Gasteiger partial charge in [0.2, 0.25) is 0 Å². The van der Waals surface area contributed by atoms with Crippen LogP contribution in [0.15, 0.2) is 42.7 Å². The van der Waals surface area contributed by atoms with Crippen LogP contribution in [0.5, 0.6) is 6.01 Å². The van der Waals surface area contributed by atoms with Gasteiger partial charge in [-0.3, -0.25) is 9.69 Å². The first-order valence-electron chi connectivity index (χ1n) is 12.3. The first kappa shape index (κ1) is 23.4. The maximum atomic E-state index is 13.3. The molecule has 1 saturated carbocycles. The molecule has 3 aromatic rings. The molecular formula is C26H32N6O3. The van der Waals surface area contributed by atoms with Gasteiger partial charge in [-0.15, -0.1) is 0 Å². The molecule has 184 valence electrons. The monoisotopic (exact) mass is 476 g/mol. The second kappa shape index (κ2) is 10.5. The highest BCUT2D eigenvalue weighted by molar-refractivity contribution is 6.06. The highest BCUT2D eigenvalue weighted by Crippen LogP contribution is 2.26. The minimum atomic E-state index is -0.126. The van der Waals surface area contributed by atoms with Gasteiger partial charge in [0.1, 0.15) is 5.82 Å². The fourth-order valence-electron chi connectivity index (χ4n) is 4.27. The van der Waals surface area contributed by atoms with Crippen molar-refractivity contribution in [3.05, 3.63) is 53.9 Å². The van der Waals surface area contributed by atoms with E-state index in [1.54, 1.807) is 12.4 Å². The van der Waals surface area contributed by atoms with Gasteiger partial charge in [0, 0.05) is 54.6 Å². The predicted octanol–water partition coefficient (Wildman–Crippen LogP) is 3.19. The van der Waals surface area contributed by atoms with E-state index < -0.39 is 0 Å². The van der Waals surface area contributed by atoms with Crippen LogP contribution in [0.1, 0.15) is 48.7 Å². The van der Waals surface area contributed by atoms with Gasteiger partial charge in [0.05, 0.1) is 30.9 Å². The summed E-state index contributed by atoms with van der Waals surface area (Å²) in [4.78, 5) is 29.0. The molecule has 2 fully saturated rings. The lowest BCUT2D eigenvalue weighted by molar-refractivity contribution is 0.0160. The van der Waals surface area contributed by atoms with E-state index in [4.69, 9.17) is 14.5 Å². The van der Waals surface area contributed by atoms with Gasteiger partial charge >= 0.3 is 6.01 Å². The molecule has 0 radical (unpaired) electrons. The molecule has 0 bridgehead atoms. The fraction of sp³-hybridized carbons (Fsp3) is 0.462. The van der Waals surface area contributed by atoms with E-state index in [-0.39, 0.29) is 18.1 Å². The van der Waals surface area contributed by atoms with Crippen molar-refractivity contribution in [2.75, 3.05) is 38.2 Å². The Morgan fingerprint density at radius 2 is 1.91 bits per heavy atom. The van der Waals surface area contributed by atoms with E-state index in [1.165, 1.54) is 12.8 Å². The van der Waals surface area contributed by atoms with Crippen molar-refractivity contribution in [3.8, 4) is 6.01 Å². The number of benzene rings is 1. The normalized spacial score (nSPS) is 17.3. The summed E-state index contributed by atoms with van der Waals surface area (Å²) in [7, 11) is 0. The Morgan fingerprint density at radius 1 is 1.14 bits per heavy atom. The van der Waals surface area contributed by atoms with Gasteiger partial charge in [-0.05, 0) is 51.0 Å². The largest absolute Gasteiger partial charge is 0.461 e. The summed E-state index contributed by atoms with van der Waals surface area (Å²) in [6.07, 6.45) is 5.95. The Balaban J connectivity index is 1.32. The van der Waals surface area contributed by atoms with Crippen LogP contribution in [0.25, 0.3) is 10.9 Å². The number of carbonyl (C=O) groups excluding carboxylic acids is 1. The molecule has 2 aromatic heterocycles. The molecule has 0 spiro atoms. The number of hydrogen-bond donors (Lipinski definition) is 2. The molecule has 3 heterocycles. The number of morpholine rings is 1. The molecule has 9 heteroatoms. The van der Waals surface area contributed by atoms with Gasteiger partial charge in [-0.25, -0.2) is 15.0 Å². The molecule has 1 atom stereocenters. The number of hydrogen-bond acceptors (Lipinski definition) is 8. The second-order valence-corrected chi connectivity index (χ2v) is 9.33. The highest BCUT2D eigenvalue weighted by atomic mass is 16.5. The van der Waals surface area contributed by atoms with Crippen LogP contribution in [0.4, 0.5) is 5.82 Å². The first-order chi connectivity index (χ1) is 17.1. The van der Waals surface area contributed by atoms with E-state index in [0.717, 1.165) is 35.4 Å². The van der Waals surface area contributed by atoms with Crippen molar-refractivity contribution >= 4 is 22.6 Å². The van der Waals surface area contributed by atoms with Crippen molar-refractivity contribution in [3.63, 3.8) is 0 Å². The SMILES string of the molecule is CC(C)Oc1ncc(C(CNC(=O)c2cccc3nc(NC4CC4)ccc23)N2CCOCC2)cn1. The third kappa shape index (κ3) is 5.86. The van der Waals surface area contributed by atoms with Crippen molar-refractivity contribution in [1.82, 2.24) is 25.2 Å². The molecule has 1 amide bonds. The lowest BCUT2D eigenvalue weighted by atomic mass is 10.1. The molecule has 1 aliphatic heterocycles. The number of rotatable bonds is 9. The lowest BCUT2D eigenvalue weighted by Crippen LogP contribution is -2.44. The quantitative estimate of drug-likeness (QED) is 0.486. The van der Waals surface area contributed by atoms with Crippen LogP contribution in [-0.2, 0) is 4.74 Å². The van der Waals surface area contributed by atoms with E-state index in [1.807, 2.05) is 44.2 Å². The fourth-order valence-corrected chi connectivity index (χ4v) is 4.27. The maximum absolute atomic E-state index is 13.3. The molecule has 35 heavy (non-hydrogen) atoms. The van der Waals surface area contributed by atoms with Crippen LogP contribution in [0.3, 0.4) is 0 Å². The topological polar surface area (TPSA) is 102 Å². The van der Waals surface area contributed by atoms with Gasteiger partial charge < -0.3 is 20.1 Å². The van der Waals surface area contributed by atoms with E-state index in [9.17, 15) is 4.79 Å². The van der Waals surface area contributed by atoms with Gasteiger partial charge in [-0.2, -0.15) is 0 Å². The number of carbonyl (C=O) groups is 1. The van der Waals surface area contributed by atoms with Gasteiger partial charge in [-0.1, -0.05) is 6.07 Å². The van der Waals surface area contributed by atoms with Crippen molar-refractivity contribution in [2.24, 2.45) is 0 Å². The lowest BCUT2D eigenvalue weighted by Gasteiger charge is -2.34. The second-order valence-electron chi connectivity index (χ2n) is 9.33. The number of ether oxygens (including phenoxy) is 2. The zero-order valence-electron chi connectivity index (χ0n) is 20.2. The van der Waals surface area contributed by atoms with E-state index in [2.05, 4.69) is 25.5 Å². The minimum absolute atomic E-state index is 0.00549. The number of anilines is 1. The Morgan fingerprint density at radius 3 is 2.63 bits per heavy atom. The number of pyridine rings is 1. The Labute approximate surface area is 205 Å². The van der Waals surface area contributed by atoms with Crippen LogP contribution in [-0.4, -0.2) is 70.8 Å². The Bertz CT molecular complexity index is 1160. The zero-order chi connectivity index (χ0) is 24.2. The van der Waals surface area contributed by atoms with Crippen LogP contribution < -0.4 is 15.4 Å². The van der Waals surface area contributed by atoms with Crippen LogP contribution >= 0.6 is 0 Å². The number of nitrogens with zero attached hydrogens (tertiary/aromatic N) is 4. The predicted molar refractivity (Wildman–Crippen MR) is 134 cm³/mol. The molecule has 1 unspecified atom stereocenters. The van der Waals surface area contributed by atoms with Crippen molar-refractivity contribution in [1.29, 1.82) is 0 Å². The minimum Gasteiger partial charge on any atom is -0.461 e. The van der Waals surface area contributed by atoms with Gasteiger partial charge in [0.15, 0.2) is 0 Å². The summed E-state index contributed by atoms with van der Waals surface area (Å²) in [6.45, 7) is 7.18. The molecule has 2 N–H and O–H groups in total. The molecular weight excluding hydrogens is 444 g/mol. The Kier molecular flexibility index (Phi) is 7.06. The molecule has 5 rings (SSSR count). The standard InChI is InChI=1S/C26H32N6O3/c1-17(2)35-26-28-14-18(15-29-26)23(32-10-12-34-13-11-32)16-27-25(33)21-4-3-5-22-20(21)8-9-24(31-22)30-19-6-7-19/h3-5,8-9,14-15,17,19,23H,6-7,10-13,16H2,1-2H3,(H,27,33)(H,30,31). The molecule has 2 aliphatic rings. The van der Waals surface area contributed by atoms with Gasteiger partial charge in [0.25, 0.3) is 5.91 Å². The summed E-state index contributed by atoms with van der Waals surface area (Å²) in [5, 5.41) is 7.40. The maximum Gasteiger partial charge on any atom is 0.316 e. The number of aromatic nitrogens is 3. The molecule has 9 nitrogen and oxygen atoms in total.